The van der Waals surface area contributed by atoms with Gasteiger partial charge in [0.1, 0.15) is 0 Å². The molecule has 0 bridgehead atoms. The molecule has 0 aromatic heterocycles. The molecule has 0 amide bonds. The van der Waals surface area contributed by atoms with Crippen LogP contribution >= 0.6 is 0 Å². The van der Waals surface area contributed by atoms with Crippen LogP contribution in [0.4, 0.5) is 0 Å². The maximum absolute atomic E-state index is 3.75. The number of rotatable bonds is 0. The molecular formula is C13H17N. The Hall–Kier alpha value is -0.820. The smallest absolute Gasteiger partial charge is 0.0225 e. The molecule has 1 aliphatic heterocycles. The zero-order chi connectivity index (χ0) is 9.43. The lowest BCUT2D eigenvalue weighted by Gasteiger charge is -2.36. The van der Waals surface area contributed by atoms with Crippen LogP contribution in [-0.2, 0) is 13.0 Å². The van der Waals surface area contributed by atoms with E-state index in [1.54, 1.807) is 5.56 Å². The molecule has 14 heavy (non-hydrogen) atoms. The number of nitrogens with one attached hydrogen (secondary N) is 1. The van der Waals surface area contributed by atoms with Gasteiger partial charge in [-0.05, 0) is 30.4 Å². The second-order valence-corrected chi connectivity index (χ2v) is 4.79. The molecule has 0 saturated heterocycles. The maximum Gasteiger partial charge on any atom is 0.0225 e. The topological polar surface area (TPSA) is 12.0 Å². The molecule has 1 aromatic rings. The van der Waals surface area contributed by atoms with Crippen molar-refractivity contribution in [1.29, 1.82) is 0 Å². The minimum Gasteiger partial charge on any atom is -0.307 e. The van der Waals surface area contributed by atoms with Crippen molar-refractivity contribution < 1.29 is 0 Å². The molecule has 3 rings (SSSR count). The summed E-state index contributed by atoms with van der Waals surface area (Å²) in [7, 11) is 0. The van der Waals surface area contributed by atoms with E-state index in [4.69, 9.17) is 0 Å². The van der Waals surface area contributed by atoms with Gasteiger partial charge in [-0.1, -0.05) is 37.1 Å². The van der Waals surface area contributed by atoms with Crippen LogP contribution in [0, 0.1) is 0 Å². The van der Waals surface area contributed by atoms with Gasteiger partial charge in [0, 0.05) is 12.1 Å². The largest absolute Gasteiger partial charge is 0.307 e. The Kier molecular flexibility index (Phi) is 1.88. The molecule has 1 nitrogen and oxygen atoms in total. The summed E-state index contributed by atoms with van der Waals surface area (Å²) in [6, 6.07) is 8.88. The normalized spacial score (nSPS) is 23.7. The first-order valence-corrected chi connectivity index (χ1v) is 5.70. The predicted molar refractivity (Wildman–Crippen MR) is 58.2 cm³/mol. The Morgan fingerprint density at radius 3 is 2.50 bits per heavy atom. The van der Waals surface area contributed by atoms with Crippen LogP contribution < -0.4 is 5.32 Å². The summed E-state index contributed by atoms with van der Waals surface area (Å²) in [5.74, 6) is 0. The number of hydrogen-bond acceptors (Lipinski definition) is 1. The molecule has 1 aromatic carbocycles. The standard InChI is InChI=1S/C13H17N/c1-2-6-12-10-14-13(7-3-4-8-13)9-11(12)5-1/h1-2,5-6,14H,3-4,7-10H2. The monoisotopic (exact) mass is 187 g/mol. The van der Waals surface area contributed by atoms with E-state index >= 15 is 0 Å². The molecule has 2 aliphatic rings. The van der Waals surface area contributed by atoms with Gasteiger partial charge in [-0.2, -0.15) is 0 Å². The molecule has 1 heteroatoms. The van der Waals surface area contributed by atoms with Crippen molar-refractivity contribution in [3.05, 3.63) is 35.4 Å². The van der Waals surface area contributed by atoms with Crippen LogP contribution in [0.25, 0.3) is 0 Å². The number of benzene rings is 1. The SMILES string of the molecule is c1ccc2c(c1)CNC1(CCCC1)C2. The Morgan fingerprint density at radius 2 is 1.71 bits per heavy atom. The van der Waals surface area contributed by atoms with Gasteiger partial charge in [0.15, 0.2) is 0 Å². The predicted octanol–water partition coefficient (Wildman–Crippen LogP) is 2.65. The van der Waals surface area contributed by atoms with E-state index in [0.29, 0.717) is 5.54 Å². The summed E-state index contributed by atoms with van der Waals surface area (Å²) in [5.41, 5.74) is 3.55. The van der Waals surface area contributed by atoms with Crippen molar-refractivity contribution in [3.8, 4) is 0 Å². The van der Waals surface area contributed by atoms with Crippen LogP contribution in [0.15, 0.2) is 24.3 Å². The molecule has 0 radical (unpaired) electrons. The van der Waals surface area contributed by atoms with Gasteiger partial charge in [-0.25, -0.2) is 0 Å². The highest BCUT2D eigenvalue weighted by atomic mass is 15.0. The van der Waals surface area contributed by atoms with Crippen molar-refractivity contribution in [3.63, 3.8) is 0 Å². The van der Waals surface area contributed by atoms with Crippen molar-refractivity contribution in [2.45, 2.75) is 44.2 Å². The Bertz CT molecular complexity index is 337. The lowest BCUT2D eigenvalue weighted by Crippen LogP contribution is -2.47. The second kappa shape index (κ2) is 3.09. The molecule has 1 heterocycles. The van der Waals surface area contributed by atoms with Crippen LogP contribution in [0.2, 0.25) is 0 Å². The minimum atomic E-state index is 0.467. The summed E-state index contributed by atoms with van der Waals surface area (Å²) in [4.78, 5) is 0. The van der Waals surface area contributed by atoms with E-state index in [1.807, 2.05) is 0 Å². The van der Waals surface area contributed by atoms with Crippen LogP contribution in [-0.4, -0.2) is 5.54 Å². The van der Waals surface area contributed by atoms with Gasteiger partial charge in [0.2, 0.25) is 0 Å². The van der Waals surface area contributed by atoms with Gasteiger partial charge in [0.05, 0.1) is 0 Å². The molecule has 74 valence electrons. The van der Waals surface area contributed by atoms with Crippen molar-refractivity contribution in [2.24, 2.45) is 0 Å². The zero-order valence-electron chi connectivity index (χ0n) is 8.55. The van der Waals surface area contributed by atoms with E-state index in [-0.39, 0.29) is 0 Å². The molecule has 0 atom stereocenters. The van der Waals surface area contributed by atoms with Crippen molar-refractivity contribution in [1.82, 2.24) is 5.32 Å². The third kappa shape index (κ3) is 1.27. The van der Waals surface area contributed by atoms with E-state index < -0.39 is 0 Å². The average Bonchev–Trinajstić information content (AvgIpc) is 2.66. The van der Waals surface area contributed by atoms with Crippen molar-refractivity contribution >= 4 is 0 Å². The molecule has 1 aliphatic carbocycles. The first-order valence-electron chi connectivity index (χ1n) is 5.70. The molecule has 1 spiro atoms. The minimum absolute atomic E-state index is 0.467. The fourth-order valence-electron chi connectivity index (χ4n) is 3.02. The van der Waals surface area contributed by atoms with Crippen LogP contribution in [0.5, 0.6) is 0 Å². The lowest BCUT2D eigenvalue weighted by molar-refractivity contribution is 0.309. The quantitative estimate of drug-likeness (QED) is 0.658. The number of hydrogen-bond donors (Lipinski definition) is 1. The summed E-state index contributed by atoms with van der Waals surface area (Å²) >= 11 is 0. The molecule has 1 N–H and O–H groups in total. The molecule has 1 saturated carbocycles. The summed E-state index contributed by atoms with van der Waals surface area (Å²) in [5, 5.41) is 3.75. The zero-order valence-corrected chi connectivity index (χ0v) is 8.55. The fourth-order valence-corrected chi connectivity index (χ4v) is 3.02. The van der Waals surface area contributed by atoms with E-state index in [0.717, 1.165) is 6.54 Å². The first kappa shape index (κ1) is 8.49. The van der Waals surface area contributed by atoms with E-state index in [2.05, 4.69) is 29.6 Å². The summed E-state index contributed by atoms with van der Waals surface area (Å²) in [6.45, 7) is 1.08. The number of fused-ring (bicyclic) bond motifs is 1. The maximum atomic E-state index is 3.75. The Morgan fingerprint density at radius 1 is 1.00 bits per heavy atom. The van der Waals surface area contributed by atoms with Gasteiger partial charge in [0.25, 0.3) is 0 Å². The Balaban J connectivity index is 1.92. The second-order valence-electron chi connectivity index (χ2n) is 4.79. The first-order chi connectivity index (χ1) is 6.88. The molecule has 0 unspecified atom stereocenters. The summed E-state index contributed by atoms with van der Waals surface area (Å²) in [6.07, 6.45) is 6.83. The lowest BCUT2D eigenvalue weighted by atomic mass is 9.83. The molecular weight excluding hydrogens is 170 g/mol. The average molecular weight is 187 g/mol. The van der Waals surface area contributed by atoms with Gasteiger partial charge in [-0.15, -0.1) is 0 Å². The summed E-state index contributed by atoms with van der Waals surface area (Å²) < 4.78 is 0. The van der Waals surface area contributed by atoms with Crippen LogP contribution in [0.1, 0.15) is 36.8 Å². The highest BCUT2D eigenvalue weighted by Gasteiger charge is 2.36. The fraction of sp³-hybridized carbons (Fsp3) is 0.538. The highest BCUT2D eigenvalue weighted by molar-refractivity contribution is 5.32. The van der Waals surface area contributed by atoms with E-state index in [9.17, 15) is 0 Å². The Labute approximate surface area is 85.5 Å². The van der Waals surface area contributed by atoms with Crippen molar-refractivity contribution in [2.75, 3.05) is 0 Å². The van der Waals surface area contributed by atoms with Gasteiger partial charge in [-0.3, -0.25) is 0 Å². The van der Waals surface area contributed by atoms with Crippen LogP contribution in [0.3, 0.4) is 0 Å². The van der Waals surface area contributed by atoms with Gasteiger partial charge >= 0.3 is 0 Å². The third-order valence-corrected chi connectivity index (χ3v) is 3.86. The highest BCUT2D eigenvalue weighted by Crippen LogP contribution is 2.36. The third-order valence-electron chi connectivity index (χ3n) is 3.86. The molecule has 1 fully saturated rings. The van der Waals surface area contributed by atoms with E-state index in [1.165, 1.54) is 37.7 Å². The van der Waals surface area contributed by atoms with Gasteiger partial charge < -0.3 is 5.32 Å².